The van der Waals surface area contributed by atoms with E-state index in [1.165, 1.54) is 4.90 Å². The number of rotatable bonds is 5. The number of amides is 2. The van der Waals surface area contributed by atoms with E-state index < -0.39 is 17.9 Å². The Hall–Kier alpha value is -1.21. The van der Waals surface area contributed by atoms with Crippen LogP contribution in [0.3, 0.4) is 0 Å². The van der Waals surface area contributed by atoms with Crippen LogP contribution in [0.25, 0.3) is 0 Å². The molecule has 0 saturated carbocycles. The molecule has 1 aliphatic rings. The molecule has 2 unspecified atom stereocenters. The van der Waals surface area contributed by atoms with Crippen molar-refractivity contribution in [3.05, 3.63) is 0 Å². The number of hydrogen-bond acceptors (Lipinski definition) is 4. The summed E-state index contributed by atoms with van der Waals surface area (Å²) in [6.07, 6.45) is 1.37. The molecule has 1 aliphatic heterocycles. The molecule has 7 heteroatoms. The maximum atomic E-state index is 12.3. The molecule has 0 radical (unpaired) electrons. The Morgan fingerprint density at radius 3 is 2.67 bits per heavy atom. The number of carbonyl (C=O) groups excluding carboxylic acids is 2. The predicted octanol–water partition coefficient (Wildman–Crippen LogP) is -0.598. The summed E-state index contributed by atoms with van der Waals surface area (Å²) >= 11 is 4.92. The Morgan fingerprint density at radius 1 is 1.50 bits per heavy atom. The number of carbonyl (C=O) groups is 2. The molecular formula is C11H19N3O3S. The fourth-order valence-electron chi connectivity index (χ4n) is 1.98. The van der Waals surface area contributed by atoms with E-state index in [2.05, 4.69) is 0 Å². The molecule has 4 N–H and O–H groups in total. The zero-order valence-corrected chi connectivity index (χ0v) is 11.2. The largest absolute Gasteiger partial charge is 0.393 e. The average molecular weight is 273 g/mol. The van der Waals surface area contributed by atoms with E-state index in [1.807, 2.05) is 6.92 Å². The van der Waals surface area contributed by atoms with Gasteiger partial charge < -0.3 is 21.1 Å². The van der Waals surface area contributed by atoms with Crippen molar-refractivity contribution in [1.29, 1.82) is 0 Å². The first-order chi connectivity index (χ1) is 8.49. The van der Waals surface area contributed by atoms with Crippen molar-refractivity contribution in [3.63, 3.8) is 0 Å². The van der Waals surface area contributed by atoms with Gasteiger partial charge >= 0.3 is 0 Å². The lowest BCUT2D eigenvalue weighted by atomic mass is 10.0. The van der Waals surface area contributed by atoms with Gasteiger partial charge in [0.05, 0.1) is 24.1 Å². The zero-order chi connectivity index (χ0) is 13.7. The van der Waals surface area contributed by atoms with Crippen LogP contribution in [0.2, 0.25) is 0 Å². The number of hydrogen-bond donors (Lipinski definition) is 2. The fourth-order valence-corrected chi connectivity index (χ4v) is 2.20. The van der Waals surface area contributed by atoms with Gasteiger partial charge in [0, 0.05) is 6.54 Å². The quantitative estimate of drug-likeness (QED) is 0.652. The molecule has 0 spiro atoms. The highest BCUT2D eigenvalue weighted by molar-refractivity contribution is 7.80. The summed E-state index contributed by atoms with van der Waals surface area (Å²) in [5.74, 6) is -1.32. The molecule has 0 aromatic heterocycles. The Morgan fingerprint density at radius 2 is 2.17 bits per heavy atom. The van der Waals surface area contributed by atoms with Crippen LogP contribution in [0, 0.1) is 5.92 Å². The topological polar surface area (TPSA) is 98.6 Å². The Labute approximate surface area is 112 Å². The van der Waals surface area contributed by atoms with E-state index in [9.17, 15) is 9.59 Å². The van der Waals surface area contributed by atoms with Crippen molar-refractivity contribution >= 4 is 29.0 Å². The van der Waals surface area contributed by atoms with Gasteiger partial charge in [-0.2, -0.15) is 0 Å². The van der Waals surface area contributed by atoms with Gasteiger partial charge in [0.2, 0.25) is 11.8 Å². The summed E-state index contributed by atoms with van der Waals surface area (Å²) in [6.45, 7) is 2.82. The Bertz CT molecular complexity index is 348. The van der Waals surface area contributed by atoms with Crippen molar-refractivity contribution in [2.24, 2.45) is 17.4 Å². The third-order valence-electron chi connectivity index (χ3n) is 2.96. The molecule has 1 heterocycles. The van der Waals surface area contributed by atoms with Gasteiger partial charge in [-0.3, -0.25) is 9.59 Å². The van der Waals surface area contributed by atoms with Crippen molar-refractivity contribution in [2.75, 3.05) is 19.8 Å². The molecule has 2 amide bonds. The van der Waals surface area contributed by atoms with Crippen molar-refractivity contribution < 1.29 is 14.3 Å². The van der Waals surface area contributed by atoms with Gasteiger partial charge in [-0.1, -0.05) is 25.6 Å². The van der Waals surface area contributed by atoms with Crippen molar-refractivity contribution in [3.8, 4) is 0 Å². The first-order valence-corrected chi connectivity index (χ1v) is 6.36. The normalized spacial score (nSPS) is 21.4. The molecule has 0 aromatic carbocycles. The first-order valence-electron chi connectivity index (χ1n) is 5.95. The molecule has 1 fully saturated rings. The maximum Gasteiger partial charge on any atom is 0.242 e. The summed E-state index contributed by atoms with van der Waals surface area (Å²) in [6, 6.07) is -0.722. The molecule has 1 rings (SSSR count). The van der Waals surface area contributed by atoms with Crippen LogP contribution in [0.15, 0.2) is 0 Å². The van der Waals surface area contributed by atoms with Gasteiger partial charge in [0.1, 0.15) is 6.04 Å². The highest BCUT2D eigenvalue weighted by atomic mass is 32.1. The van der Waals surface area contributed by atoms with E-state index in [0.29, 0.717) is 19.6 Å². The minimum Gasteiger partial charge on any atom is -0.393 e. The second kappa shape index (κ2) is 6.65. The minimum absolute atomic E-state index is 0.136. The van der Waals surface area contributed by atoms with E-state index in [-0.39, 0.29) is 17.5 Å². The third-order valence-corrected chi connectivity index (χ3v) is 3.24. The second-order valence-corrected chi connectivity index (χ2v) is 4.74. The Kier molecular flexibility index (Phi) is 5.49. The number of primary amides is 1. The maximum absolute atomic E-state index is 12.3. The van der Waals surface area contributed by atoms with Gasteiger partial charge in [0.25, 0.3) is 0 Å². The molecule has 0 aliphatic carbocycles. The van der Waals surface area contributed by atoms with Crippen LogP contribution >= 0.6 is 12.2 Å². The molecule has 6 nitrogen and oxygen atoms in total. The van der Waals surface area contributed by atoms with Gasteiger partial charge in [-0.15, -0.1) is 0 Å². The van der Waals surface area contributed by atoms with Crippen LogP contribution in [-0.2, 0) is 14.3 Å². The summed E-state index contributed by atoms with van der Waals surface area (Å²) < 4.78 is 5.17. The zero-order valence-electron chi connectivity index (χ0n) is 10.4. The fraction of sp³-hybridized carbons (Fsp3) is 0.727. The second-order valence-electron chi connectivity index (χ2n) is 4.27. The average Bonchev–Trinajstić information content (AvgIpc) is 2.34. The lowest BCUT2D eigenvalue weighted by Gasteiger charge is -2.35. The molecule has 18 heavy (non-hydrogen) atoms. The highest BCUT2D eigenvalue weighted by Gasteiger charge is 2.35. The van der Waals surface area contributed by atoms with Crippen LogP contribution in [0.4, 0.5) is 0 Å². The highest BCUT2D eigenvalue weighted by Crippen LogP contribution is 2.16. The summed E-state index contributed by atoms with van der Waals surface area (Å²) in [5.41, 5.74) is 10.9. The lowest BCUT2D eigenvalue weighted by Crippen LogP contribution is -2.57. The van der Waals surface area contributed by atoms with Gasteiger partial charge in [0.15, 0.2) is 0 Å². The van der Waals surface area contributed by atoms with Gasteiger partial charge in [-0.05, 0) is 6.42 Å². The van der Waals surface area contributed by atoms with Gasteiger partial charge in [-0.25, -0.2) is 0 Å². The molecule has 0 bridgehead atoms. The number of nitrogens with zero attached hydrogens (tertiary/aromatic N) is 1. The smallest absolute Gasteiger partial charge is 0.242 e. The monoisotopic (exact) mass is 273 g/mol. The van der Waals surface area contributed by atoms with Crippen LogP contribution < -0.4 is 11.5 Å². The van der Waals surface area contributed by atoms with Crippen LogP contribution in [0.5, 0.6) is 0 Å². The predicted molar refractivity (Wildman–Crippen MR) is 70.7 cm³/mol. The number of morpholine rings is 1. The van der Waals surface area contributed by atoms with E-state index >= 15 is 0 Å². The van der Waals surface area contributed by atoms with Crippen molar-refractivity contribution in [1.82, 2.24) is 4.90 Å². The Balaban J connectivity index is 2.84. The summed E-state index contributed by atoms with van der Waals surface area (Å²) in [5, 5.41) is 0. The first kappa shape index (κ1) is 14.8. The van der Waals surface area contributed by atoms with E-state index in [4.69, 9.17) is 28.4 Å². The van der Waals surface area contributed by atoms with Crippen molar-refractivity contribution in [2.45, 2.75) is 25.8 Å². The number of nitrogens with two attached hydrogens (primary N) is 2. The standard InChI is InChI=1S/C11H19N3O3S/c1-2-3-7(10(13)18)11(16)14-4-5-17-6-8(14)9(12)15/h7-8H,2-6H2,1H3,(H2,12,15)(H2,13,18). The van der Waals surface area contributed by atoms with E-state index in [0.717, 1.165) is 6.42 Å². The molecule has 2 atom stereocenters. The molecule has 102 valence electrons. The van der Waals surface area contributed by atoms with Crippen LogP contribution in [0.1, 0.15) is 19.8 Å². The summed E-state index contributed by atoms with van der Waals surface area (Å²) in [4.78, 5) is 25.2. The molecular weight excluding hydrogens is 254 g/mol. The lowest BCUT2D eigenvalue weighted by molar-refractivity contribution is -0.148. The SMILES string of the molecule is CCCC(C(=O)N1CCOCC1C(N)=O)C(N)=S. The third kappa shape index (κ3) is 3.39. The minimum atomic E-state index is -0.722. The summed E-state index contributed by atoms with van der Waals surface area (Å²) in [7, 11) is 0. The van der Waals surface area contributed by atoms with Crippen LogP contribution in [-0.4, -0.2) is 47.5 Å². The number of thiocarbonyl (C=S) groups is 1. The van der Waals surface area contributed by atoms with E-state index in [1.54, 1.807) is 0 Å². The number of ether oxygens (including phenoxy) is 1. The molecule has 0 aromatic rings. The molecule has 1 saturated heterocycles.